The number of hydrogen-bond acceptors (Lipinski definition) is 4. The van der Waals surface area contributed by atoms with Gasteiger partial charge in [0.05, 0.1) is 18.4 Å². The molecule has 1 aromatic rings. The summed E-state index contributed by atoms with van der Waals surface area (Å²) in [5.74, 6) is 0.928. The van der Waals surface area contributed by atoms with Crippen LogP contribution in [-0.4, -0.2) is 59.0 Å². The van der Waals surface area contributed by atoms with Gasteiger partial charge in [0.2, 0.25) is 0 Å². The molecule has 2 rings (SSSR count). The second-order valence-corrected chi connectivity index (χ2v) is 8.47. The molecule has 0 spiro atoms. The topological polar surface area (TPSA) is 57.5 Å². The Morgan fingerprint density at radius 3 is 2.84 bits per heavy atom. The van der Waals surface area contributed by atoms with Crippen molar-refractivity contribution in [1.29, 1.82) is 0 Å². The summed E-state index contributed by atoms with van der Waals surface area (Å²) < 4.78 is 2.03. The van der Waals surface area contributed by atoms with E-state index in [1.165, 1.54) is 18.5 Å². The zero-order valence-electron chi connectivity index (χ0n) is 16.1. The molecule has 0 aromatic carbocycles. The smallest absolute Gasteiger partial charge is 0.191 e. The van der Waals surface area contributed by atoms with Crippen LogP contribution in [0.2, 0.25) is 0 Å². The molecule has 2 heterocycles. The van der Waals surface area contributed by atoms with Crippen molar-refractivity contribution in [2.24, 2.45) is 12.0 Å². The van der Waals surface area contributed by atoms with Gasteiger partial charge in [-0.1, -0.05) is 0 Å². The molecule has 0 saturated carbocycles. The summed E-state index contributed by atoms with van der Waals surface area (Å²) in [6, 6.07) is 0.411. The number of aryl methyl sites for hydroxylation is 1. The van der Waals surface area contributed by atoms with Crippen LogP contribution in [0.3, 0.4) is 0 Å². The molecule has 6 nitrogen and oxygen atoms in total. The zero-order valence-corrected chi connectivity index (χ0v) is 19.2. The number of aliphatic imine (C=N–C) groups is 1. The second kappa shape index (κ2) is 10.5. The minimum atomic E-state index is 0. The number of anilines is 1. The summed E-state index contributed by atoms with van der Waals surface area (Å²) in [6.45, 7) is 10.3. The Morgan fingerprint density at radius 2 is 2.24 bits per heavy atom. The number of nitrogens with zero attached hydrogens (tertiary/aromatic N) is 4. The van der Waals surface area contributed by atoms with Gasteiger partial charge in [-0.2, -0.15) is 16.9 Å². The molecule has 1 aliphatic rings. The van der Waals surface area contributed by atoms with Crippen LogP contribution in [0.4, 0.5) is 5.69 Å². The standard InChI is InChI=1S/C17H32N6S.HI/c1-6-18-16(19-13-17(2,3)24-5)21-14-8-7-9-23(11-14)15-10-20-22(4)12-15;/h10,12,14H,6-9,11,13H2,1-5H3,(H2,18,19,21);1H. The molecule has 0 radical (unpaired) electrons. The number of nitrogens with one attached hydrogen (secondary N) is 2. The van der Waals surface area contributed by atoms with Crippen molar-refractivity contribution < 1.29 is 0 Å². The summed E-state index contributed by atoms with van der Waals surface area (Å²) in [6.07, 6.45) is 8.53. The van der Waals surface area contributed by atoms with Crippen LogP contribution < -0.4 is 15.5 Å². The quantitative estimate of drug-likeness (QED) is 0.373. The van der Waals surface area contributed by atoms with Crippen molar-refractivity contribution in [3.05, 3.63) is 12.4 Å². The monoisotopic (exact) mass is 480 g/mol. The van der Waals surface area contributed by atoms with Crippen LogP contribution in [0.15, 0.2) is 17.4 Å². The first-order valence-corrected chi connectivity index (χ1v) is 9.99. The first kappa shape index (κ1) is 22.4. The average molecular weight is 480 g/mol. The minimum absolute atomic E-state index is 0. The Labute approximate surface area is 173 Å². The third-order valence-electron chi connectivity index (χ3n) is 4.33. The van der Waals surface area contributed by atoms with Crippen molar-refractivity contribution >= 4 is 47.4 Å². The molecule has 0 amide bonds. The molecule has 1 aromatic heterocycles. The molecule has 1 aliphatic heterocycles. The molecule has 0 bridgehead atoms. The molecular weight excluding hydrogens is 447 g/mol. The Bertz CT molecular complexity index is 545. The molecule has 8 heteroatoms. The van der Waals surface area contributed by atoms with Crippen molar-refractivity contribution in [3.8, 4) is 0 Å². The highest BCUT2D eigenvalue weighted by Crippen LogP contribution is 2.21. The van der Waals surface area contributed by atoms with Crippen LogP contribution in [0.5, 0.6) is 0 Å². The van der Waals surface area contributed by atoms with E-state index in [2.05, 4.69) is 53.9 Å². The third-order valence-corrected chi connectivity index (χ3v) is 5.57. The van der Waals surface area contributed by atoms with Crippen molar-refractivity contribution in [2.75, 3.05) is 37.3 Å². The molecule has 1 fully saturated rings. The van der Waals surface area contributed by atoms with Gasteiger partial charge < -0.3 is 15.5 Å². The normalized spacial score (nSPS) is 18.7. The molecular formula is C17H33IN6S. The molecule has 144 valence electrons. The van der Waals surface area contributed by atoms with Gasteiger partial charge in [-0.05, 0) is 39.9 Å². The van der Waals surface area contributed by atoms with E-state index >= 15 is 0 Å². The number of rotatable bonds is 6. The van der Waals surface area contributed by atoms with Crippen molar-refractivity contribution in [3.63, 3.8) is 0 Å². The van der Waals surface area contributed by atoms with Gasteiger partial charge in [0, 0.05) is 43.7 Å². The van der Waals surface area contributed by atoms with Gasteiger partial charge in [-0.15, -0.1) is 24.0 Å². The summed E-state index contributed by atoms with van der Waals surface area (Å²) in [7, 11) is 1.96. The van der Waals surface area contributed by atoms with E-state index < -0.39 is 0 Å². The van der Waals surface area contributed by atoms with E-state index in [4.69, 9.17) is 4.99 Å². The highest BCUT2D eigenvalue weighted by molar-refractivity contribution is 14.0. The fourth-order valence-corrected chi connectivity index (χ4v) is 2.94. The maximum absolute atomic E-state index is 4.79. The fraction of sp³-hybridized carbons (Fsp3) is 0.765. The second-order valence-electron chi connectivity index (χ2n) is 6.96. The van der Waals surface area contributed by atoms with Gasteiger partial charge in [-0.3, -0.25) is 9.67 Å². The molecule has 2 N–H and O–H groups in total. The minimum Gasteiger partial charge on any atom is -0.367 e. The molecule has 1 atom stereocenters. The average Bonchev–Trinajstić information content (AvgIpc) is 3.00. The van der Waals surface area contributed by atoms with Crippen molar-refractivity contribution in [1.82, 2.24) is 20.4 Å². The first-order chi connectivity index (χ1) is 11.4. The largest absolute Gasteiger partial charge is 0.367 e. The van der Waals surface area contributed by atoms with Gasteiger partial charge in [0.15, 0.2) is 5.96 Å². The third kappa shape index (κ3) is 7.24. The number of thioether (sulfide) groups is 1. The lowest BCUT2D eigenvalue weighted by atomic mass is 10.1. The Morgan fingerprint density at radius 1 is 1.48 bits per heavy atom. The van der Waals surface area contributed by atoms with Crippen LogP contribution in [0.1, 0.15) is 33.6 Å². The predicted molar refractivity (Wildman–Crippen MR) is 121 cm³/mol. The first-order valence-electron chi connectivity index (χ1n) is 8.77. The SMILES string of the molecule is CCNC(=NCC(C)(C)SC)NC1CCCN(c2cnn(C)c2)C1.I. The van der Waals surface area contributed by atoms with Gasteiger partial charge in [0.25, 0.3) is 0 Å². The predicted octanol–water partition coefficient (Wildman–Crippen LogP) is 2.70. The van der Waals surface area contributed by atoms with Crippen LogP contribution >= 0.6 is 35.7 Å². The lowest BCUT2D eigenvalue weighted by Crippen LogP contribution is -2.51. The maximum Gasteiger partial charge on any atom is 0.191 e. The summed E-state index contributed by atoms with van der Waals surface area (Å²) >= 11 is 1.85. The summed E-state index contributed by atoms with van der Waals surface area (Å²) in [5.41, 5.74) is 1.20. The van der Waals surface area contributed by atoms with Crippen LogP contribution in [0, 0.1) is 0 Å². The van der Waals surface area contributed by atoms with E-state index in [0.29, 0.717) is 6.04 Å². The van der Waals surface area contributed by atoms with E-state index in [9.17, 15) is 0 Å². The fourth-order valence-electron chi connectivity index (χ4n) is 2.75. The van der Waals surface area contributed by atoms with E-state index in [-0.39, 0.29) is 28.7 Å². The molecule has 0 aliphatic carbocycles. The van der Waals surface area contributed by atoms with Gasteiger partial charge >= 0.3 is 0 Å². The summed E-state index contributed by atoms with van der Waals surface area (Å²) in [4.78, 5) is 7.20. The lowest BCUT2D eigenvalue weighted by molar-refractivity contribution is 0.467. The molecule has 1 saturated heterocycles. The van der Waals surface area contributed by atoms with Gasteiger partial charge in [0.1, 0.15) is 0 Å². The zero-order chi connectivity index (χ0) is 17.6. The number of hydrogen-bond donors (Lipinski definition) is 2. The van der Waals surface area contributed by atoms with E-state index in [1.54, 1.807) is 0 Å². The number of aromatic nitrogens is 2. The van der Waals surface area contributed by atoms with Crippen LogP contribution in [-0.2, 0) is 7.05 Å². The van der Waals surface area contributed by atoms with Crippen LogP contribution in [0.25, 0.3) is 0 Å². The highest BCUT2D eigenvalue weighted by Gasteiger charge is 2.22. The van der Waals surface area contributed by atoms with Gasteiger partial charge in [-0.25, -0.2) is 0 Å². The molecule has 25 heavy (non-hydrogen) atoms. The Kier molecular flexibility index (Phi) is 9.40. The number of guanidine groups is 1. The Balaban J connectivity index is 0.00000312. The lowest BCUT2D eigenvalue weighted by Gasteiger charge is -2.34. The van der Waals surface area contributed by atoms with E-state index in [1.807, 2.05) is 29.7 Å². The maximum atomic E-state index is 4.79. The number of piperidine rings is 1. The summed E-state index contributed by atoms with van der Waals surface area (Å²) in [5, 5.41) is 11.3. The molecule has 1 unspecified atom stereocenters. The number of halogens is 1. The van der Waals surface area contributed by atoms with Crippen molar-refractivity contribution in [2.45, 2.75) is 44.4 Å². The Hall–Kier alpha value is -0.640. The highest BCUT2D eigenvalue weighted by atomic mass is 127. The van der Waals surface area contributed by atoms with E-state index in [0.717, 1.165) is 32.1 Å².